The number of hydrogen-bond donors (Lipinski definition) is 2. The molecule has 0 radical (unpaired) electrons. The molecule has 2 N–H and O–H groups in total. The predicted octanol–water partition coefficient (Wildman–Crippen LogP) is 0.792. The molecular weight excluding hydrogens is 324 g/mol. The van der Waals surface area contributed by atoms with E-state index in [2.05, 4.69) is 4.98 Å². The molecule has 1 saturated heterocycles. The zero-order valence-electron chi connectivity index (χ0n) is 13.6. The molecule has 0 amide bonds. The van der Waals surface area contributed by atoms with Gasteiger partial charge in [-0.2, -0.15) is 0 Å². The summed E-state index contributed by atoms with van der Waals surface area (Å²) in [6, 6.07) is 11.1. The quantitative estimate of drug-likeness (QED) is 0.836. The van der Waals surface area contributed by atoms with Gasteiger partial charge in [-0.3, -0.25) is 14.3 Å². The van der Waals surface area contributed by atoms with Gasteiger partial charge in [0.2, 0.25) is 0 Å². The number of benzene rings is 1. The Bertz CT molecular complexity index is 862. The molecule has 1 aliphatic heterocycles. The highest BCUT2D eigenvalue weighted by Crippen LogP contribution is 2.53. The zero-order chi connectivity index (χ0) is 17.4. The Morgan fingerprint density at radius 2 is 2.08 bits per heavy atom. The second-order valence-electron chi connectivity index (χ2n) is 6.67. The Balaban J connectivity index is 1.60. The van der Waals surface area contributed by atoms with Crippen LogP contribution in [0.25, 0.3) is 0 Å². The van der Waals surface area contributed by atoms with Crippen molar-refractivity contribution in [1.29, 1.82) is 0 Å². The number of nitrogens with one attached hydrogen (secondary N) is 1. The maximum absolute atomic E-state index is 12.1. The summed E-state index contributed by atoms with van der Waals surface area (Å²) in [4.78, 5) is 25.6. The van der Waals surface area contributed by atoms with Crippen LogP contribution in [0.5, 0.6) is 0 Å². The second kappa shape index (κ2) is 6.25. The molecule has 1 saturated carbocycles. The summed E-state index contributed by atoms with van der Waals surface area (Å²) in [6.07, 6.45) is 2.05. The first-order valence-electron chi connectivity index (χ1n) is 8.39. The maximum Gasteiger partial charge on any atom is 0.330 e. The van der Waals surface area contributed by atoms with Crippen molar-refractivity contribution in [2.75, 3.05) is 6.61 Å². The van der Waals surface area contributed by atoms with Crippen molar-refractivity contribution in [3.05, 3.63) is 69.0 Å². The normalized spacial score (nSPS) is 30.7. The number of rotatable bonds is 5. The molecule has 2 fully saturated rings. The highest BCUT2D eigenvalue weighted by Gasteiger charge is 2.61. The first-order valence-corrected chi connectivity index (χ1v) is 8.39. The van der Waals surface area contributed by atoms with E-state index in [4.69, 9.17) is 9.47 Å². The number of hydrogen-bond acceptors (Lipinski definition) is 5. The lowest BCUT2D eigenvalue weighted by molar-refractivity contribution is -0.149. The van der Waals surface area contributed by atoms with Gasteiger partial charge in [0.25, 0.3) is 5.56 Å². The van der Waals surface area contributed by atoms with Crippen molar-refractivity contribution in [1.82, 2.24) is 9.55 Å². The lowest BCUT2D eigenvalue weighted by atomic mass is 10.00. The number of ether oxygens (including phenoxy) is 2. The van der Waals surface area contributed by atoms with E-state index < -0.39 is 23.1 Å². The van der Waals surface area contributed by atoms with E-state index in [-0.39, 0.29) is 18.6 Å². The SMILES string of the molecule is O=c1ccn(C2O[C@@]3(CO)CCC2C3OCc2ccccc2)c(=O)[nH]1. The summed E-state index contributed by atoms with van der Waals surface area (Å²) >= 11 is 0. The molecule has 1 aromatic heterocycles. The van der Waals surface area contributed by atoms with Crippen molar-refractivity contribution < 1.29 is 14.6 Å². The van der Waals surface area contributed by atoms with E-state index in [9.17, 15) is 14.7 Å². The Labute approximate surface area is 143 Å². The molecule has 25 heavy (non-hydrogen) atoms. The van der Waals surface area contributed by atoms with Gasteiger partial charge in [-0.25, -0.2) is 4.79 Å². The lowest BCUT2D eigenvalue weighted by Gasteiger charge is -2.30. The summed E-state index contributed by atoms with van der Waals surface area (Å²) in [7, 11) is 0. The van der Waals surface area contributed by atoms with E-state index in [1.807, 2.05) is 30.3 Å². The van der Waals surface area contributed by atoms with Gasteiger partial charge in [-0.05, 0) is 18.4 Å². The number of fused-ring (bicyclic) bond motifs is 2. The van der Waals surface area contributed by atoms with Crippen LogP contribution in [0.4, 0.5) is 0 Å². The Kier molecular flexibility index (Phi) is 4.07. The first kappa shape index (κ1) is 16.3. The van der Waals surface area contributed by atoms with Gasteiger partial charge >= 0.3 is 5.69 Å². The number of H-pyrrole nitrogens is 1. The van der Waals surface area contributed by atoms with Gasteiger partial charge in [0.05, 0.1) is 19.3 Å². The van der Waals surface area contributed by atoms with Gasteiger partial charge in [-0.1, -0.05) is 30.3 Å². The third-order valence-electron chi connectivity index (χ3n) is 5.20. The molecule has 2 bridgehead atoms. The minimum absolute atomic E-state index is 0.0561. The minimum Gasteiger partial charge on any atom is -0.393 e. The standard InChI is InChI=1S/C18H20N2O5/c21-11-18-8-6-13(15(18)24-10-12-4-2-1-3-5-12)16(25-18)20-9-7-14(22)19-17(20)23/h1-5,7,9,13,15-16,21H,6,8,10-11H2,(H,19,22,23)/t13?,15?,16?,18-/m1/s1. The van der Waals surface area contributed by atoms with Crippen LogP contribution < -0.4 is 11.2 Å². The van der Waals surface area contributed by atoms with Crippen molar-refractivity contribution >= 4 is 0 Å². The molecule has 3 unspecified atom stereocenters. The number of aromatic amines is 1. The predicted molar refractivity (Wildman–Crippen MR) is 89.0 cm³/mol. The van der Waals surface area contributed by atoms with Crippen LogP contribution in [0.2, 0.25) is 0 Å². The Morgan fingerprint density at radius 3 is 2.80 bits per heavy atom. The van der Waals surface area contributed by atoms with Crippen LogP contribution in [0.3, 0.4) is 0 Å². The smallest absolute Gasteiger partial charge is 0.330 e. The number of aliphatic hydroxyl groups excluding tert-OH is 1. The van der Waals surface area contributed by atoms with Crippen molar-refractivity contribution in [3.63, 3.8) is 0 Å². The molecule has 2 aromatic rings. The maximum atomic E-state index is 12.1. The Morgan fingerprint density at radius 1 is 1.28 bits per heavy atom. The van der Waals surface area contributed by atoms with Crippen LogP contribution in [0.15, 0.2) is 52.2 Å². The molecule has 132 valence electrons. The van der Waals surface area contributed by atoms with Crippen LogP contribution >= 0.6 is 0 Å². The molecular formula is C18H20N2O5. The Hall–Kier alpha value is -2.22. The van der Waals surface area contributed by atoms with Gasteiger partial charge in [0.1, 0.15) is 11.8 Å². The van der Waals surface area contributed by atoms with Crippen molar-refractivity contribution in [3.8, 4) is 0 Å². The fourth-order valence-corrected chi connectivity index (χ4v) is 3.97. The van der Waals surface area contributed by atoms with Gasteiger partial charge in [-0.15, -0.1) is 0 Å². The van der Waals surface area contributed by atoms with E-state index in [0.29, 0.717) is 13.0 Å². The highest BCUT2D eigenvalue weighted by molar-refractivity contribution is 5.14. The van der Waals surface area contributed by atoms with E-state index >= 15 is 0 Å². The molecule has 2 heterocycles. The van der Waals surface area contributed by atoms with Gasteiger partial charge in [0.15, 0.2) is 0 Å². The topological polar surface area (TPSA) is 93.5 Å². The molecule has 7 heteroatoms. The van der Waals surface area contributed by atoms with E-state index in [1.54, 1.807) is 0 Å². The number of aliphatic hydroxyl groups is 1. The third-order valence-corrected chi connectivity index (χ3v) is 5.20. The van der Waals surface area contributed by atoms with Crippen molar-refractivity contribution in [2.45, 2.75) is 37.4 Å². The molecule has 1 aliphatic carbocycles. The van der Waals surface area contributed by atoms with Crippen LogP contribution in [0.1, 0.15) is 24.6 Å². The minimum atomic E-state index is -0.806. The summed E-state index contributed by atoms with van der Waals surface area (Å²) in [5.41, 5.74) is -0.725. The third kappa shape index (κ3) is 2.74. The first-order chi connectivity index (χ1) is 12.1. The fraction of sp³-hybridized carbons (Fsp3) is 0.444. The van der Waals surface area contributed by atoms with Crippen LogP contribution in [-0.4, -0.2) is 33.0 Å². The number of aromatic nitrogens is 2. The zero-order valence-corrected chi connectivity index (χ0v) is 13.6. The second-order valence-corrected chi connectivity index (χ2v) is 6.67. The highest BCUT2D eigenvalue weighted by atomic mass is 16.6. The summed E-state index contributed by atoms with van der Waals surface area (Å²) in [5.74, 6) is -0.0561. The molecule has 1 aromatic carbocycles. The molecule has 4 rings (SSSR count). The van der Waals surface area contributed by atoms with Gasteiger partial charge in [0, 0.05) is 18.2 Å². The van der Waals surface area contributed by atoms with Crippen LogP contribution in [0, 0.1) is 5.92 Å². The average molecular weight is 344 g/mol. The van der Waals surface area contributed by atoms with Crippen LogP contribution in [-0.2, 0) is 16.1 Å². The van der Waals surface area contributed by atoms with E-state index in [0.717, 1.165) is 12.0 Å². The number of nitrogens with zero attached hydrogens (tertiary/aromatic N) is 1. The molecule has 0 spiro atoms. The summed E-state index contributed by atoms with van der Waals surface area (Å²) in [6.45, 7) is 0.248. The van der Waals surface area contributed by atoms with E-state index in [1.165, 1.54) is 16.8 Å². The van der Waals surface area contributed by atoms with Gasteiger partial charge < -0.3 is 14.6 Å². The molecule has 2 aliphatic rings. The summed E-state index contributed by atoms with van der Waals surface area (Å²) in [5, 5.41) is 9.94. The lowest BCUT2D eigenvalue weighted by Crippen LogP contribution is -2.42. The molecule has 4 atom stereocenters. The largest absolute Gasteiger partial charge is 0.393 e. The summed E-state index contributed by atoms with van der Waals surface area (Å²) < 4.78 is 13.6. The molecule has 7 nitrogen and oxygen atoms in total. The average Bonchev–Trinajstić information content (AvgIpc) is 3.13. The van der Waals surface area contributed by atoms with Crippen molar-refractivity contribution in [2.24, 2.45) is 5.92 Å². The monoisotopic (exact) mass is 344 g/mol. The fourth-order valence-electron chi connectivity index (χ4n) is 3.97.